The van der Waals surface area contributed by atoms with E-state index >= 15 is 0 Å². The van der Waals surface area contributed by atoms with Crippen LogP contribution in [0.1, 0.15) is 113 Å². The Kier molecular flexibility index (Phi) is 8.83. The molecule has 59 heavy (non-hydrogen) atoms. The number of rotatable bonds is 8. The number of methoxy groups -OCH3 is 1. The van der Waals surface area contributed by atoms with E-state index in [1.165, 1.54) is 31.4 Å². The predicted octanol–water partition coefficient (Wildman–Crippen LogP) is 10.2. The fourth-order valence-corrected chi connectivity index (χ4v) is 15.9. The number of amides is 2. The number of hydrogen-bond donors (Lipinski definition) is 3. The molecule has 1 unspecified atom stereocenters. The summed E-state index contributed by atoms with van der Waals surface area (Å²) in [7, 11) is 1.61. The Morgan fingerprint density at radius 1 is 0.847 bits per heavy atom. The Balaban J connectivity index is 1.03. The molecule has 10 aliphatic carbocycles. The number of alkyl halides is 3. The second-order valence-corrected chi connectivity index (χ2v) is 21.2. The average molecular weight is 813 g/mol. The summed E-state index contributed by atoms with van der Waals surface area (Å²) in [6, 6.07) is 11.9. The van der Waals surface area contributed by atoms with Gasteiger partial charge in [-0.05, 0) is 160 Å². The maximum absolute atomic E-state index is 15.0. The highest BCUT2D eigenvalue weighted by atomic mass is 19.4. The lowest BCUT2D eigenvalue weighted by atomic mass is 9.32. The summed E-state index contributed by atoms with van der Waals surface area (Å²) in [6.07, 6.45) is 12.8. The third-order valence-electron chi connectivity index (χ3n) is 18.2. The molecule has 7 fully saturated rings. The minimum Gasteiger partial charge on any atom is -0.497 e. The lowest BCUT2D eigenvalue weighted by Crippen LogP contribution is -2.67. The Morgan fingerprint density at radius 2 is 1.49 bits per heavy atom. The second kappa shape index (κ2) is 13.2. The van der Waals surface area contributed by atoms with E-state index in [1.807, 2.05) is 35.2 Å². The van der Waals surface area contributed by atoms with Gasteiger partial charge in [0.2, 0.25) is 0 Å². The standard InChI is InChI=1S/C49H59F3N2O5/c1-43-14-11-36(55)26-46(43)17-18-48(38(27-46)41(56)33-5-4-6-34(22-33)49(50,51)52)39(43)12-15-44(2)40(48)13-16-47(44,58)29-54(42(57)53-35-7-9-37(59-3)10-8-35)28-45-23-30-19-31(24-45)21-32(20-30)25-45/h4-10,17-18,22,27,30-32,36,39-40,55,58H,11-16,19-21,23-26,28-29H2,1-3H3,(H,53,57)/t30?,31?,32?,36?,39-,40-,43-,44+,45?,46+,47-,48-/m1/s1. The number of anilines is 1. The first-order valence-corrected chi connectivity index (χ1v) is 22.2. The number of urea groups is 1. The third kappa shape index (κ3) is 5.80. The van der Waals surface area contributed by atoms with E-state index < -0.39 is 45.5 Å². The highest BCUT2D eigenvalue weighted by Crippen LogP contribution is 2.78. The van der Waals surface area contributed by atoms with Crippen LogP contribution in [-0.2, 0) is 6.18 Å². The molecule has 7 nitrogen and oxygen atoms in total. The number of fused-ring (bicyclic) bond motifs is 1. The van der Waals surface area contributed by atoms with Crippen LogP contribution in [0.2, 0.25) is 0 Å². The van der Waals surface area contributed by atoms with E-state index in [0.717, 1.165) is 37.8 Å². The normalized spacial score (nSPS) is 42.4. The molecule has 8 atom stereocenters. The first kappa shape index (κ1) is 39.5. The Morgan fingerprint density at radius 3 is 2.15 bits per heavy atom. The molecule has 12 rings (SSSR count). The number of ether oxygens (including phenoxy) is 1. The molecule has 0 radical (unpaired) electrons. The Labute approximate surface area is 345 Å². The van der Waals surface area contributed by atoms with E-state index in [2.05, 4.69) is 31.3 Å². The first-order valence-electron chi connectivity index (χ1n) is 22.2. The number of benzene rings is 2. The van der Waals surface area contributed by atoms with Crippen LogP contribution in [0.25, 0.3) is 0 Å². The number of nitrogens with zero attached hydrogens (tertiary/aromatic N) is 1. The molecule has 2 spiro atoms. The Bertz CT molecular complexity index is 2080. The smallest absolute Gasteiger partial charge is 0.416 e. The van der Waals surface area contributed by atoms with Gasteiger partial charge in [0.25, 0.3) is 0 Å². The van der Waals surface area contributed by atoms with Gasteiger partial charge in [-0.15, -0.1) is 0 Å². The van der Waals surface area contributed by atoms with Crippen LogP contribution in [0.3, 0.4) is 0 Å². The van der Waals surface area contributed by atoms with Gasteiger partial charge in [-0.1, -0.05) is 44.2 Å². The number of carbonyl (C=O) groups excluding carboxylic acids is 2. The number of halogens is 3. The number of nitrogens with one attached hydrogen (secondary N) is 1. The predicted molar refractivity (Wildman–Crippen MR) is 219 cm³/mol. The maximum atomic E-state index is 15.0. The molecule has 2 amide bonds. The van der Waals surface area contributed by atoms with Gasteiger partial charge < -0.3 is 25.2 Å². The van der Waals surface area contributed by atoms with Crippen LogP contribution < -0.4 is 10.1 Å². The average Bonchev–Trinajstić information content (AvgIpc) is 3.46. The highest BCUT2D eigenvalue weighted by Gasteiger charge is 2.74. The molecule has 10 aliphatic rings. The van der Waals surface area contributed by atoms with Crippen LogP contribution in [0, 0.1) is 56.7 Å². The first-order chi connectivity index (χ1) is 27.9. The summed E-state index contributed by atoms with van der Waals surface area (Å²) in [5, 5.41) is 27.7. The van der Waals surface area contributed by atoms with Crippen LogP contribution >= 0.6 is 0 Å². The van der Waals surface area contributed by atoms with Crippen molar-refractivity contribution in [1.29, 1.82) is 0 Å². The molecule has 0 aliphatic heterocycles. The van der Waals surface area contributed by atoms with Crippen LogP contribution in [0.15, 0.2) is 72.3 Å². The molecule has 2 aromatic carbocycles. The van der Waals surface area contributed by atoms with Crippen molar-refractivity contribution in [3.05, 3.63) is 83.5 Å². The molecule has 0 aromatic heterocycles. The zero-order valence-corrected chi connectivity index (χ0v) is 34.6. The van der Waals surface area contributed by atoms with E-state index in [0.29, 0.717) is 79.8 Å². The molecular weight excluding hydrogens is 754 g/mol. The molecule has 6 bridgehead atoms. The topological polar surface area (TPSA) is 99.1 Å². The van der Waals surface area contributed by atoms with E-state index in [9.17, 15) is 33.0 Å². The summed E-state index contributed by atoms with van der Waals surface area (Å²) in [6.45, 7) is 5.19. The van der Waals surface area contributed by atoms with Crippen molar-refractivity contribution in [3.8, 4) is 5.75 Å². The quantitative estimate of drug-likeness (QED) is 0.182. The number of carbonyl (C=O) groups is 2. The molecule has 0 heterocycles. The number of aliphatic hydroxyl groups excluding tert-OH is 1. The fraction of sp³-hybridized carbons (Fsp3) is 0.633. The fourth-order valence-electron chi connectivity index (χ4n) is 15.9. The lowest BCUT2D eigenvalue weighted by Gasteiger charge is -2.71. The second-order valence-electron chi connectivity index (χ2n) is 21.2. The van der Waals surface area contributed by atoms with Crippen molar-refractivity contribution >= 4 is 17.5 Å². The minimum atomic E-state index is -4.60. The number of allylic oxidation sites excluding steroid dienone is 4. The summed E-state index contributed by atoms with van der Waals surface area (Å²) < 4.78 is 47.5. The third-order valence-corrected chi connectivity index (χ3v) is 18.2. The summed E-state index contributed by atoms with van der Waals surface area (Å²) >= 11 is 0. The highest BCUT2D eigenvalue weighted by molar-refractivity contribution is 6.10. The molecule has 7 saturated carbocycles. The number of ketones is 1. The Hall–Kier alpha value is -3.63. The van der Waals surface area contributed by atoms with Crippen molar-refractivity contribution in [2.75, 3.05) is 25.5 Å². The van der Waals surface area contributed by atoms with Crippen LogP contribution in [0.5, 0.6) is 5.75 Å². The van der Waals surface area contributed by atoms with Gasteiger partial charge in [0.15, 0.2) is 5.78 Å². The van der Waals surface area contributed by atoms with Crippen LogP contribution in [0.4, 0.5) is 23.7 Å². The zero-order valence-electron chi connectivity index (χ0n) is 34.6. The van der Waals surface area contributed by atoms with E-state index in [4.69, 9.17) is 4.74 Å². The van der Waals surface area contributed by atoms with Gasteiger partial charge in [-0.25, -0.2) is 4.79 Å². The summed E-state index contributed by atoms with van der Waals surface area (Å²) in [4.78, 5) is 31.6. The van der Waals surface area contributed by atoms with Crippen molar-refractivity contribution < 1.29 is 37.7 Å². The van der Waals surface area contributed by atoms with E-state index in [1.54, 1.807) is 7.11 Å². The maximum Gasteiger partial charge on any atom is 0.416 e. The minimum absolute atomic E-state index is 0.00657. The van der Waals surface area contributed by atoms with Gasteiger partial charge in [0.05, 0.1) is 30.9 Å². The monoisotopic (exact) mass is 812 g/mol. The van der Waals surface area contributed by atoms with Crippen LogP contribution in [-0.4, -0.2) is 58.8 Å². The van der Waals surface area contributed by atoms with Gasteiger partial charge in [-0.2, -0.15) is 13.2 Å². The van der Waals surface area contributed by atoms with Crippen molar-refractivity contribution in [2.45, 2.75) is 115 Å². The van der Waals surface area contributed by atoms with Gasteiger partial charge in [-0.3, -0.25) is 4.79 Å². The number of hydrogen-bond acceptors (Lipinski definition) is 5. The molecule has 316 valence electrons. The molecule has 3 N–H and O–H groups in total. The molecule has 0 saturated heterocycles. The van der Waals surface area contributed by atoms with Gasteiger partial charge in [0.1, 0.15) is 5.75 Å². The van der Waals surface area contributed by atoms with Gasteiger partial charge >= 0.3 is 12.2 Å². The zero-order chi connectivity index (χ0) is 41.4. The number of aliphatic hydroxyl groups is 2. The SMILES string of the molecule is COc1ccc(NC(=O)N(CC23CC4CC(CC(C4)C2)C3)C[C@]2(O)CC[C@H]3[C@]45C=C[C@@]6(C=C4C(=O)c4cccc(C(F)(F)F)c4)CC(O)CC[C@]6(C)[C@H]5CC[C@@]32C)cc1. The van der Waals surface area contributed by atoms with Gasteiger partial charge in [0, 0.05) is 39.6 Å². The molecular formula is C49H59F3N2O5. The number of Topliss-reactive ketones (excluding diaryl/α,β-unsaturated/α-hetero) is 1. The van der Waals surface area contributed by atoms with Crippen molar-refractivity contribution in [1.82, 2.24) is 4.90 Å². The lowest BCUT2D eigenvalue weighted by molar-refractivity contribution is -0.176. The van der Waals surface area contributed by atoms with Crippen molar-refractivity contribution in [2.24, 2.45) is 56.7 Å². The summed E-state index contributed by atoms with van der Waals surface area (Å²) in [5.74, 6) is 2.14. The summed E-state index contributed by atoms with van der Waals surface area (Å²) in [5.41, 5.74) is -3.41. The van der Waals surface area contributed by atoms with Crippen molar-refractivity contribution in [3.63, 3.8) is 0 Å². The molecule has 2 aromatic rings. The van der Waals surface area contributed by atoms with E-state index in [-0.39, 0.29) is 40.8 Å². The molecule has 10 heteroatoms. The largest absolute Gasteiger partial charge is 0.497 e.